The van der Waals surface area contributed by atoms with Crippen LogP contribution < -0.4 is 0 Å². The molecule has 0 aliphatic rings. The molecule has 0 bridgehead atoms. The number of aliphatic hydroxyl groups excluding tert-OH is 1. The van der Waals surface area contributed by atoms with Gasteiger partial charge in [0.2, 0.25) is 8.32 Å². The Kier molecular flexibility index (Phi) is 5.75. The van der Waals surface area contributed by atoms with E-state index in [1.165, 1.54) is 7.11 Å². The van der Waals surface area contributed by atoms with Crippen LogP contribution in [0.2, 0.25) is 19.6 Å². The van der Waals surface area contributed by atoms with E-state index in [1.807, 2.05) is 26.6 Å². The molecule has 5 heteroatoms. The lowest BCUT2D eigenvalue weighted by Gasteiger charge is -2.27. The number of allylic oxidation sites excluding steroid dienone is 1. The predicted octanol–water partition coefficient (Wildman–Crippen LogP) is 1.91. The molecule has 0 spiro atoms. The molecule has 4 nitrogen and oxygen atoms in total. The lowest BCUT2D eigenvalue weighted by molar-refractivity contribution is -0.152. The van der Waals surface area contributed by atoms with E-state index < -0.39 is 20.4 Å². The minimum absolute atomic E-state index is 0.385. The number of carbonyl (C=O) groups is 1. The van der Waals surface area contributed by atoms with Gasteiger partial charge in [-0.25, -0.2) is 4.79 Å². The molecule has 0 aromatic rings. The van der Waals surface area contributed by atoms with E-state index in [1.54, 1.807) is 13.0 Å². The van der Waals surface area contributed by atoms with Crippen LogP contribution in [-0.4, -0.2) is 32.6 Å². The maximum atomic E-state index is 11.2. The van der Waals surface area contributed by atoms with Gasteiger partial charge in [-0.2, -0.15) is 0 Å². The molecule has 0 amide bonds. The molecule has 16 heavy (non-hydrogen) atoms. The molecule has 0 saturated heterocycles. The molecule has 2 atom stereocenters. The Morgan fingerprint density at radius 3 is 2.19 bits per heavy atom. The molecule has 0 saturated carbocycles. The SMILES string of the molecule is C/C=C(\O[Si](C)(C)C)[C@H](C)[C@@H](O)C(=O)OC. The Balaban J connectivity index is 4.68. The molecule has 0 unspecified atom stereocenters. The van der Waals surface area contributed by atoms with E-state index in [0.717, 1.165) is 0 Å². The van der Waals surface area contributed by atoms with Gasteiger partial charge in [-0.3, -0.25) is 0 Å². The molecule has 0 fully saturated rings. The standard InChI is InChI=1S/C11H22O4Si/c1-7-9(15-16(4,5)6)8(2)10(12)11(13)14-3/h7-8,10,12H,1-6H3/b9-7-/t8-,10+/m0/s1. The number of ether oxygens (including phenoxy) is 1. The molecule has 0 aliphatic heterocycles. The number of methoxy groups -OCH3 is 1. The number of carbonyl (C=O) groups excluding carboxylic acids is 1. The van der Waals surface area contributed by atoms with Crippen molar-refractivity contribution in [3.63, 3.8) is 0 Å². The summed E-state index contributed by atoms with van der Waals surface area (Å²) >= 11 is 0. The summed E-state index contributed by atoms with van der Waals surface area (Å²) in [4.78, 5) is 11.2. The fourth-order valence-corrected chi connectivity index (χ4v) is 2.26. The van der Waals surface area contributed by atoms with Gasteiger partial charge in [0.25, 0.3) is 0 Å². The quantitative estimate of drug-likeness (QED) is 0.457. The van der Waals surface area contributed by atoms with Gasteiger partial charge in [0.05, 0.1) is 12.9 Å². The second-order valence-electron chi connectivity index (χ2n) is 4.66. The van der Waals surface area contributed by atoms with Gasteiger partial charge in [-0.05, 0) is 26.6 Å². The Labute approximate surface area is 98.4 Å². The van der Waals surface area contributed by atoms with Gasteiger partial charge in [0, 0.05) is 5.92 Å². The Bertz CT molecular complexity index is 268. The van der Waals surface area contributed by atoms with Crippen molar-refractivity contribution in [1.82, 2.24) is 0 Å². The third-order valence-electron chi connectivity index (χ3n) is 2.07. The Morgan fingerprint density at radius 1 is 1.38 bits per heavy atom. The first-order valence-electron chi connectivity index (χ1n) is 5.34. The first-order valence-corrected chi connectivity index (χ1v) is 8.75. The van der Waals surface area contributed by atoms with Crippen LogP contribution in [0.25, 0.3) is 0 Å². The number of esters is 1. The topological polar surface area (TPSA) is 55.8 Å². The molecule has 94 valence electrons. The van der Waals surface area contributed by atoms with E-state index in [0.29, 0.717) is 5.76 Å². The zero-order chi connectivity index (χ0) is 12.9. The van der Waals surface area contributed by atoms with Crippen molar-refractivity contribution in [3.8, 4) is 0 Å². The van der Waals surface area contributed by atoms with Crippen LogP contribution in [0.15, 0.2) is 11.8 Å². The molecular weight excluding hydrogens is 224 g/mol. The first kappa shape index (κ1) is 15.2. The van der Waals surface area contributed by atoms with Crippen LogP contribution in [0.1, 0.15) is 13.8 Å². The molecule has 0 aromatic carbocycles. The summed E-state index contributed by atoms with van der Waals surface area (Å²) in [5.41, 5.74) is 0. The van der Waals surface area contributed by atoms with E-state index in [9.17, 15) is 9.90 Å². The summed E-state index contributed by atoms with van der Waals surface area (Å²) in [6.07, 6.45) is 0.613. The molecule has 1 N–H and O–H groups in total. The first-order chi connectivity index (χ1) is 7.22. The van der Waals surface area contributed by atoms with Crippen molar-refractivity contribution in [3.05, 3.63) is 11.8 Å². The van der Waals surface area contributed by atoms with Crippen molar-refractivity contribution in [2.75, 3.05) is 7.11 Å². The fourth-order valence-electron chi connectivity index (χ4n) is 1.25. The largest absolute Gasteiger partial charge is 0.547 e. The Morgan fingerprint density at radius 2 is 1.88 bits per heavy atom. The smallest absolute Gasteiger partial charge is 0.335 e. The van der Waals surface area contributed by atoms with Gasteiger partial charge in [-0.15, -0.1) is 0 Å². The fraction of sp³-hybridized carbons (Fsp3) is 0.727. The summed E-state index contributed by atoms with van der Waals surface area (Å²) in [7, 11) is -0.469. The number of rotatable bonds is 5. The molecular formula is C11H22O4Si. The second-order valence-corrected chi connectivity index (χ2v) is 9.09. The Hall–Kier alpha value is -0.813. The van der Waals surface area contributed by atoms with Crippen LogP contribution in [-0.2, 0) is 14.0 Å². The highest BCUT2D eigenvalue weighted by molar-refractivity contribution is 6.70. The van der Waals surface area contributed by atoms with Crippen LogP contribution in [0, 0.1) is 5.92 Å². The normalized spacial score (nSPS) is 16.6. The summed E-state index contributed by atoms with van der Waals surface area (Å²) < 4.78 is 10.3. The molecule has 0 aliphatic carbocycles. The second kappa shape index (κ2) is 6.05. The van der Waals surface area contributed by atoms with Crippen LogP contribution in [0.5, 0.6) is 0 Å². The van der Waals surface area contributed by atoms with Crippen molar-refractivity contribution in [1.29, 1.82) is 0 Å². The maximum Gasteiger partial charge on any atom is 0.335 e. The molecule has 0 radical (unpaired) electrons. The van der Waals surface area contributed by atoms with E-state index in [-0.39, 0.29) is 5.92 Å². The number of hydrogen-bond acceptors (Lipinski definition) is 4. The molecule has 0 rings (SSSR count). The number of hydrogen-bond donors (Lipinski definition) is 1. The molecule has 0 aromatic heterocycles. The summed E-state index contributed by atoms with van der Waals surface area (Å²) in [5, 5.41) is 9.70. The van der Waals surface area contributed by atoms with Crippen molar-refractivity contribution in [2.24, 2.45) is 5.92 Å². The molecule has 0 heterocycles. The van der Waals surface area contributed by atoms with Gasteiger partial charge < -0.3 is 14.3 Å². The number of aliphatic hydroxyl groups is 1. The predicted molar refractivity (Wildman–Crippen MR) is 65.4 cm³/mol. The maximum absolute atomic E-state index is 11.2. The van der Waals surface area contributed by atoms with Crippen LogP contribution >= 0.6 is 0 Å². The third-order valence-corrected chi connectivity index (χ3v) is 2.92. The van der Waals surface area contributed by atoms with Crippen molar-refractivity contribution >= 4 is 14.3 Å². The van der Waals surface area contributed by atoms with E-state index in [4.69, 9.17) is 4.43 Å². The average molecular weight is 246 g/mol. The van der Waals surface area contributed by atoms with Gasteiger partial charge >= 0.3 is 5.97 Å². The highest BCUT2D eigenvalue weighted by Gasteiger charge is 2.29. The van der Waals surface area contributed by atoms with E-state index in [2.05, 4.69) is 4.74 Å². The lowest BCUT2D eigenvalue weighted by atomic mass is 10.0. The lowest BCUT2D eigenvalue weighted by Crippen LogP contribution is -2.34. The van der Waals surface area contributed by atoms with Crippen molar-refractivity contribution in [2.45, 2.75) is 39.6 Å². The van der Waals surface area contributed by atoms with Crippen LogP contribution in [0.3, 0.4) is 0 Å². The zero-order valence-corrected chi connectivity index (χ0v) is 11.9. The van der Waals surface area contributed by atoms with E-state index >= 15 is 0 Å². The van der Waals surface area contributed by atoms with Crippen molar-refractivity contribution < 1.29 is 19.1 Å². The highest BCUT2D eigenvalue weighted by atomic mass is 28.4. The van der Waals surface area contributed by atoms with Gasteiger partial charge in [0.15, 0.2) is 6.10 Å². The average Bonchev–Trinajstić information content (AvgIpc) is 2.21. The highest BCUT2D eigenvalue weighted by Crippen LogP contribution is 2.21. The monoisotopic (exact) mass is 246 g/mol. The zero-order valence-electron chi connectivity index (χ0n) is 10.9. The summed E-state index contributed by atoms with van der Waals surface area (Å²) in [6.45, 7) is 9.72. The summed E-state index contributed by atoms with van der Waals surface area (Å²) in [6, 6.07) is 0. The van der Waals surface area contributed by atoms with Gasteiger partial charge in [0.1, 0.15) is 0 Å². The minimum atomic E-state index is -1.73. The van der Waals surface area contributed by atoms with Crippen LogP contribution in [0.4, 0.5) is 0 Å². The minimum Gasteiger partial charge on any atom is -0.547 e. The summed E-state index contributed by atoms with van der Waals surface area (Å²) in [5.74, 6) is -0.368. The van der Waals surface area contributed by atoms with Gasteiger partial charge in [-0.1, -0.05) is 13.0 Å². The third kappa shape index (κ3) is 4.81.